The molecule has 1 heterocycles. The van der Waals surface area contributed by atoms with Crippen LogP contribution in [0.25, 0.3) is 0 Å². The van der Waals surface area contributed by atoms with Gasteiger partial charge in [0.2, 0.25) is 0 Å². The minimum atomic E-state index is 0.914. The van der Waals surface area contributed by atoms with Gasteiger partial charge in [0.05, 0.1) is 0 Å². The van der Waals surface area contributed by atoms with Crippen LogP contribution < -0.4 is 0 Å². The highest BCUT2D eigenvalue weighted by molar-refractivity contribution is 5.39. The smallest absolute Gasteiger partial charge is 0.0407 e. The first-order chi connectivity index (χ1) is 7.74. The summed E-state index contributed by atoms with van der Waals surface area (Å²) in [7, 11) is 0. The molecule has 1 aromatic rings. The van der Waals surface area contributed by atoms with Gasteiger partial charge in [0.25, 0.3) is 0 Å². The lowest BCUT2D eigenvalue weighted by atomic mass is 9.98. The Morgan fingerprint density at radius 2 is 1.75 bits per heavy atom. The van der Waals surface area contributed by atoms with Gasteiger partial charge in [0.1, 0.15) is 0 Å². The average molecular weight is 215 g/mol. The maximum atomic E-state index is 4.49. The van der Waals surface area contributed by atoms with Crippen LogP contribution >= 0.6 is 0 Å². The number of fused-ring (bicyclic) bond motifs is 1. The molecule has 16 heavy (non-hydrogen) atoms. The van der Waals surface area contributed by atoms with Gasteiger partial charge in [-0.05, 0) is 61.6 Å². The SMILES string of the molecule is Cc1cnc(C)c2c1CC(CCC1CC1)C2. The number of hydrogen-bond acceptors (Lipinski definition) is 1. The molecular weight excluding hydrogens is 194 g/mol. The first-order valence-electron chi connectivity index (χ1n) is 6.68. The minimum absolute atomic E-state index is 0.914. The third kappa shape index (κ3) is 1.88. The summed E-state index contributed by atoms with van der Waals surface area (Å²) in [5.74, 6) is 2.00. The number of aromatic nitrogens is 1. The molecular formula is C15H21N. The molecule has 1 nitrogen and oxygen atoms in total. The van der Waals surface area contributed by atoms with Gasteiger partial charge >= 0.3 is 0 Å². The quantitative estimate of drug-likeness (QED) is 0.750. The van der Waals surface area contributed by atoms with Gasteiger partial charge in [-0.25, -0.2) is 0 Å². The molecule has 1 unspecified atom stereocenters. The van der Waals surface area contributed by atoms with Crippen LogP contribution in [0.3, 0.4) is 0 Å². The van der Waals surface area contributed by atoms with Crippen molar-refractivity contribution in [2.45, 2.75) is 52.4 Å². The van der Waals surface area contributed by atoms with Crippen molar-refractivity contribution >= 4 is 0 Å². The summed E-state index contributed by atoms with van der Waals surface area (Å²) in [5.41, 5.74) is 5.87. The normalized spacial score (nSPS) is 23.5. The fraction of sp³-hybridized carbons (Fsp3) is 0.667. The standard InChI is InChI=1S/C15H21N/c1-10-9-16-11(2)15-8-13(7-14(10)15)6-5-12-3-4-12/h9,12-13H,3-8H2,1-2H3. The van der Waals surface area contributed by atoms with E-state index < -0.39 is 0 Å². The zero-order valence-electron chi connectivity index (χ0n) is 10.4. The Kier molecular flexibility index (Phi) is 2.49. The highest BCUT2D eigenvalue weighted by atomic mass is 14.7. The van der Waals surface area contributed by atoms with Crippen molar-refractivity contribution in [1.82, 2.24) is 4.98 Å². The molecule has 86 valence electrons. The molecule has 1 atom stereocenters. The first kappa shape index (κ1) is 10.3. The summed E-state index contributed by atoms with van der Waals surface area (Å²) in [5, 5.41) is 0. The van der Waals surface area contributed by atoms with Gasteiger partial charge in [0, 0.05) is 11.9 Å². The Hall–Kier alpha value is -0.850. The number of rotatable bonds is 3. The summed E-state index contributed by atoms with van der Waals surface area (Å²) >= 11 is 0. The lowest BCUT2D eigenvalue weighted by Gasteiger charge is -2.07. The fourth-order valence-electron chi connectivity index (χ4n) is 3.09. The van der Waals surface area contributed by atoms with Crippen molar-refractivity contribution < 1.29 is 0 Å². The van der Waals surface area contributed by atoms with E-state index in [0.717, 1.165) is 11.8 Å². The molecule has 1 fully saturated rings. The third-order valence-corrected chi connectivity index (χ3v) is 4.39. The molecule has 1 heteroatoms. The Morgan fingerprint density at radius 1 is 1.06 bits per heavy atom. The van der Waals surface area contributed by atoms with Crippen molar-refractivity contribution in [3.05, 3.63) is 28.6 Å². The van der Waals surface area contributed by atoms with Crippen molar-refractivity contribution in [2.24, 2.45) is 11.8 Å². The molecule has 3 rings (SSSR count). The molecule has 0 amide bonds. The Balaban J connectivity index is 1.72. The predicted octanol–water partition coefficient (Wildman–Crippen LogP) is 3.60. The van der Waals surface area contributed by atoms with Gasteiger partial charge in [-0.15, -0.1) is 0 Å². The number of nitrogens with zero attached hydrogens (tertiary/aromatic N) is 1. The molecule has 1 saturated carbocycles. The molecule has 0 aromatic carbocycles. The number of pyridine rings is 1. The molecule has 2 aliphatic rings. The van der Waals surface area contributed by atoms with Gasteiger partial charge in [-0.1, -0.05) is 19.3 Å². The van der Waals surface area contributed by atoms with Crippen molar-refractivity contribution in [3.8, 4) is 0 Å². The van der Waals surface area contributed by atoms with Crippen LogP contribution in [-0.2, 0) is 12.8 Å². The van der Waals surface area contributed by atoms with Crippen LogP contribution in [0.5, 0.6) is 0 Å². The van der Waals surface area contributed by atoms with E-state index in [0.29, 0.717) is 0 Å². The van der Waals surface area contributed by atoms with E-state index in [2.05, 4.69) is 25.0 Å². The lowest BCUT2D eigenvalue weighted by molar-refractivity contribution is 0.473. The Bertz CT molecular complexity index is 373. The first-order valence-corrected chi connectivity index (χ1v) is 6.68. The van der Waals surface area contributed by atoms with E-state index in [1.807, 2.05) is 0 Å². The van der Waals surface area contributed by atoms with Crippen molar-refractivity contribution in [2.75, 3.05) is 0 Å². The second kappa shape index (κ2) is 3.87. The van der Waals surface area contributed by atoms with Crippen LogP contribution in [0, 0.1) is 25.7 Å². The summed E-state index contributed by atoms with van der Waals surface area (Å²) in [4.78, 5) is 4.49. The minimum Gasteiger partial charge on any atom is -0.261 e. The molecule has 1 aromatic heterocycles. The predicted molar refractivity (Wildman–Crippen MR) is 66.6 cm³/mol. The van der Waals surface area contributed by atoms with E-state index in [1.54, 1.807) is 11.1 Å². The van der Waals surface area contributed by atoms with E-state index in [4.69, 9.17) is 0 Å². The lowest BCUT2D eigenvalue weighted by Crippen LogP contribution is -2.00. The Labute approximate surface area is 98.3 Å². The average Bonchev–Trinajstić information content (AvgIpc) is 2.99. The van der Waals surface area contributed by atoms with Crippen molar-refractivity contribution in [3.63, 3.8) is 0 Å². The van der Waals surface area contributed by atoms with Crippen LogP contribution in [0.1, 0.15) is 48.1 Å². The summed E-state index contributed by atoms with van der Waals surface area (Å²) in [6.45, 7) is 4.39. The molecule has 2 aliphatic carbocycles. The van der Waals surface area contributed by atoms with Crippen LogP contribution in [0.15, 0.2) is 6.20 Å². The second-order valence-corrected chi connectivity index (χ2v) is 5.78. The maximum absolute atomic E-state index is 4.49. The highest BCUT2D eigenvalue weighted by Gasteiger charge is 2.27. The largest absolute Gasteiger partial charge is 0.261 e. The van der Waals surface area contributed by atoms with Crippen LogP contribution in [0.2, 0.25) is 0 Å². The topological polar surface area (TPSA) is 12.9 Å². The number of hydrogen-bond donors (Lipinski definition) is 0. The Morgan fingerprint density at radius 3 is 2.44 bits per heavy atom. The molecule has 0 N–H and O–H groups in total. The van der Waals surface area contributed by atoms with E-state index in [-0.39, 0.29) is 0 Å². The molecule has 0 bridgehead atoms. The van der Waals surface area contributed by atoms with E-state index in [1.165, 1.54) is 49.8 Å². The molecule has 0 spiro atoms. The number of aryl methyl sites for hydroxylation is 2. The third-order valence-electron chi connectivity index (χ3n) is 4.39. The zero-order chi connectivity index (χ0) is 11.1. The molecule has 0 saturated heterocycles. The highest BCUT2D eigenvalue weighted by Crippen LogP contribution is 2.38. The van der Waals surface area contributed by atoms with E-state index in [9.17, 15) is 0 Å². The van der Waals surface area contributed by atoms with Crippen LogP contribution in [0.4, 0.5) is 0 Å². The van der Waals surface area contributed by atoms with Gasteiger partial charge in [-0.3, -0.25) is 4.98 Å². The van der Waals surface area contributed by atoms with Gasteiger partial charge in [0.15, 0.2) is 0 Å². The van der Waals surface area contributed by atoms with Crippen molar-refractivity contribution in [1.29, 1.82) is 0 Å². The zero-order valence-corrected chi connectivity index (χ0v) is 10.4. The summed E-state index contributed by atoms with van der Waals surface area (Å²) in [6, 6.07) is 0. The van der Waals surface area contributed by atoms with Crippen LogP contribution in [-0.4, -0.2) is 4.98 Å². The maximum Gasteiger partial charge on any atom is 0.0407 e. The fourth-order valence-corrected chi connectivity index (χ4v) is 3.09. The second-order valence-electron chi connectivity index (χ2n) is 5.78. The van der Waals surface area contributed by atoms with Gasteiger partial charge in [-0.2, -0.15) is 0 Å². The molecule has 0 radical (unpaired) electrons. The van der Waals surface area contributed by atoms with Gasteiger partial charge < -0.3 is 0 Å². The monoisotopic (exact) mass is 215 g/mol. The summed E-state index contributed by atoms with van der Waals surface area (Å²) in [6.07, 6.45) is 10.6. The van der Waals surface area contributed by atoms with E-state index >= 15 is 0 Å². The summed E-state index contributed by atoms with van der Waals surface area (Å²) < 4.78 is 0. The molecule has 0 aliphatic heterocycles.